The van der Waals surface area contributed by atoms with Gasteiger partial charge in [0.05, 0.1) is 28.0 Å². The van der Waals surface area contributed by atoms with Gasteiger partial charge in [0.25, 0.3) is 5.91 Å². The molecular weight excluding hydrogens is 476 g/mol. The van der Waals surface area contributed by atoms with E-state index in [9.17, 15) is 10.1 Å². The zero-order chi connectivity index (χ0) is 25.4. The third kappa shape index (κ3) is 4.30. The van der Waals surface area contributed by atoms with Crippen LogP contribution in [0, 0.1) is 25.2 Å². The summed E-state index contributed by atoms with van der Waals surface area (Å²) in [6, 6.07) is 13.3. The van der Waals surface area contributed by atoms with Crippen LogP contribution in [-0.2, 0) is 13.1 Å². The molecule has 4 heterocycles. The summed E-state index contributed by atoms with van der Waals surface area (Å²) < 4.78 is 1.70. The molecule has 1 aromatic carbocycles. The van der Waals surface area contributed by atoms with E-state index < -0.39 is 5.91 Å². The van der Waals surface area contributed by atoms with Crippen molar-refractivity contribution in [1.29, 1.82) is 5.26 Å². The number of rotatable bonds is 5. The van der Waals surface area contributed by atoms with Crippen molar-refractivity contribution >= 4 is 45.1 Å². The Balaban J connectivity index is 1.51. The van der Waals surface area contributed by atoms with Crippen LogP contribution in [0.1, 0.15) is 38.6 Å². The first-order valence-corrected chi connectivity index (χ1v) is 11.5. The molecule has 5 aromatic rings. The number of anilines is 1. The molecule has 0 unspecified atom stereocenters. The van der Waals surface area contributed by atoms with Gasteiger partial charge in [-0.1, -0.05) is 17.7 Å². The Morgan fingerprint density at radius 1 is 1.19 bits per heavy atom. The van der Waals surface area contributed by atoms with E-state index in [0.717, 1.165) is 33.3 Å². The van der Waals surface area contributed by atoms with Gasteiger partial charge in [-0.2, -0.15) is 10.4 Å². The van der Waals surface area contributed by atoms with Crippen molar-refractivity contribution in [3.8, 4) is 6.07 Å². The summed E-state index contributed by atoms with van der Waals surface area (Å²) in [4.78, 5) is 26.0. The highest BCUT2D eigenvalue weighted by Crippen LogP contribution is 2.24. The molecule has 9 nitrogen and oxygen atoms in total. The van der Waals surface area contributed by atoms with Gasteiger partial charge in [0.2, 0.25) is 0 Å². The summed E-state index contributed by atoms with van der Waals surface area (Å²) in [6.07, 6.45) is 3.15. The van der Waals surface area contributed by atoms with Gasteiger partial charge in [0, 0.05) is 30.0 Å². The minimum Gasteiger partial charge on any atom is -0.384 e. The third-order valence-electron chi connectivity index (χ3n) is 6.03. The SMILES string of the molecule is Cc1cc(N)nc(C)c1CNC(=O)c1nn(Cc2ccc3ncc(Cl)cc3c2)c2ccnc(C#N)c12. The predicted molar refractivity (Wildman–Crippen MR) is 137 cm³/mol. The standard InChI is InChI=1S/C26H21ClN8O/c1-14-7-23(29)33-15(2)19(14)12-32-26(36)25-24-21(10-28)30-6-5-22(24)35(34-25)13-16-3-4-20-17(8-16)9-18(27)11-31-20/h3-9,11H,12-13H2,1-2H3,(H2,29,33)(H,32,36). The number of halogens is 1. The highest BCUT2D eigenvalue weighted by Gasteiger charge is 2.21. The number of nitriles is 1. The van der Waals surface area contributed by atoms with Crippen molar-refractivity contribution in [3.63, 3.8) is 0 Å². The molecule has 10 heteroatoms. The van der Waals surface area contributed by atoms with Crippen LogP contribution in [0.15, 0.2) is 48.8 Å². The molecule has 0 fully saturated rings. The van der Waals surface area contributed by atoms with E-state index in [2.05, 4.69) is 31.4 Å². The maximum atomic E-state index is 13.3. The first-order valence-electron chi connectivity index (χ1n) is 11.1. The number of nitrogen functional groups attached to an aromatic ring is 1. The van der Waals surface area contributed by atoms with E-state index >= 15 is 0 Å². The van der Waals surface area contributed by atoms with Crippen molar-refractivity contribution in [2.75, 3.05) is 5.73 Å². The normalized spacial score (nSPS) is 11.1. The fourth-order valence-corrected chi connectivity index (χ4v) is 4.49. The number of aryl methyl sites for hydroxylation is 2. The number of hydrogen-bond acceptors (Lipinski definition) is 7. The van der Waals surface area contributed by atoms with Gasteiger partial charge in [-0.3, -0.25) is 14.5 Å². The molecule has 0 aliphatic heterocycles. The van der Waals surface area contributed by atoms with Crippen LogP contribution in [0.5, 0.6) is 0 Å². The van der Waals surface area contributed by atoms with Crippen molar-refractivity contribution in [2.24, 2.45) is 0 Å². The molecule has 0 aliphatic carbocycles. The van der Waals surface area contributed by atoms with Crippen molar-refractivity contribution in [3.05, 3.63) is 87.6 Å². The van der Waals surface area contributed by atoms with Crippen molar-refractivity contribution in [2.45, 2.75) is 26.9 Å². The minimum atomic E-state index is -0.409. The quantitative estimate of drug-likeness (QED) is 0.374. The summed E-state index contributed by atoms with van der Waals surface area (Å²) in [5, 5.41) is 19.0. The van der Waals surface area contributed by atoms with Gasteiger partial charge in [0.15, 0.2) is 11.4 Å². The Morgan fingerprint density at radius 3 is 2.81 bits per heavy atom. The first-order chi connectivity index (χ1) is 17.3. The number of amides is 1. The van der Waals surface area contributed by atoms with Crippen molar-refractivity contribution < 1.29 is 4.79 Å². The molecule has 178 valence electrons. The lowest BCUT2D eigenvalue weighted by Crippen LogP contribution is -2.25. The molecule has 1 amide bonds. The Kier molecular flexibility index (Phi) is 5.96. The largest absolute Gasteiger partial charge is 0.384 e. The average molecular weight is 497 g/mol. The first kappa shape index (κ1) is 23.2. The van der Waals surface area contributed by atoms with E-state index in [1.165, 1.54) is 6.20 Å². The highest BCUT2D eigenvalue weighted by molar-refractivity contribution is 6.31. The second kappa shape index (κ2) is 9.24. The van der Waals surface area contributed by atoms with Gasteiger partial charge in [0.1, 0.15) is 11.9 Å². The molecule has 0 bridgehead atoms. The fourth-order valence-electron chi connectivity index (χ4n) is 4.32. The number of fused-ring (bicyclic) bond motifs is 2. The van der Waals surface area contributed by atoms with Gasteiger partial charge in [-0.05, 0) is 60.9 Å². The summed E-state index contributed by atoms with van der Waals surface area (Å²) in [5.41, 5.74) is 11.0. The maximum Gasteiger partial charge on any atom is 0.272 e. The third-order valence-corrected chi connectivity index (χ3v) is 6.24. The monoisotopic (exact) mass is 496 g/mol. The summed E-state index contributed by atoms with van der Waals surface area (Å²) in [7, 11) is 0. The molecule has 0 spiro atoms. The molecule has 0 radical (unpaired) electrons. The Bertz CT molecular complexity index is 1680. The number of carbonyl (C=O) groups excluding carboxylic acids is 1. The fraction of sp³-hybridized carbons (Fsp3) is 0.154. The van der Waals surface area contributed by atoms with Crippen LogP contribution in [-0.4, -0.2) is 30.6 Å². The zero-order valence-corrected chi connectivity index (χ0v) is 20.3. The van der Waals surface area contributed by atoms with Gasteiger partial charge in [-0.15, -0.1) is 0 Å². The Hall–Kier alpha value is -4.55. The van der Waals surface area contributed by atoms with E-state index in [0.29, 0.717) is 28.3 Å². The lowest BCUT2D eigenvalue weighted by atomic mass is 10.1. The average Bonchev–Trinajstić information content (AvgIpc) is 3.21. The highest BCUT2D eigenvalue weighted by atomic mass is 35.5. The van der Waals surface area contributed by atoms with Gasteiger partial charge < -0.3 is 11.1 Å². The molecular formula is C26H21ClN8O. The number of nitrogens with two attached hydrogens (primary N) is 1. The predicted octanol–water partition coefficient (Wildman–Crippen LogP) is 4.08. The molecule has 36 heavy (non-hydrogen) atoms. The minimum absolute atomic E-state index is 0.138. The number of nitrogens with one attached hydrogen (secondary N) is 1. The lowest BCUT2D eigenvalue weighted by molar-refractivity contribution is 0.0946. The van der Waals surface area contributed by atoms with Crippen LogP contribution >= 0.6 is 11.6 Å². The second-order valence-corrected chi connectivity index (χ2v) is 8.90. The van der Waals surface area contributed by atoms with E-state index in [-0.39, 0.29) is 17.9 Å². The lowest BCUT2D eigenvalue weighted by Gasteiger charge is -2.11. The van der Waals surface area contributed by atoms with E-state index in [1.54, 1.807) is 23.0 Å². The molecule has 5 rings (SSSR count). The van der Waals surface area contributed by atoms with Gasteiger partial charge in [-0.25, -0.2) is 9.97 Å². The van der Waals surface area contributed by atoms with Crippen LogP contribution in [0.3, 0.4) is 0 Å². The number of pyridine rings is 3. The van der Waals surface area contributed by atoms with Crippen molar-refractivity contribution in [1.82, 2.24) is 30.0 Å². The summed E-state index contributed by atoms with van der Waals surface area (Å²) in [5.74, 6) is 0.0228. The molecule has 0 atom stereocenters. The van der Waals surface area contributed by atoms with Gasteiger partial charge >= 0.3 is 0 Å². The van der Waals surface area contributed by atoms with E-state index in [4.69, 9.17) is 17.3 Å². The number of hydrogen-bond donors (Lipinski definition) is 2. The summed E-state index contributed by atoms with van der Waals surface area (Å²) >= 11 is 6.11. The number of carbonyl (C=O) groups is 1. The number of nitrogens with zero attached hydrogens (tertiary/aromatic N) is 6. The Morgan fingerprint density at radius 2 is 2.03 bits per heavy atom. The number of aromatic nitrogens is 5. The van der Waals surface area contributed by atoms with Crippen LogP contribution in [0.4, 0.5) is 5.82 Å². The number of benzene rings is 1. The van der Waals surface area contributed by atoms with Crippen LogP contribution in [0.25, 0.3) is 21.8 Å². The smallest absolute Gasteiger partial charge is 0.272 e. The molecule has 4 aromatic heterocycles. The van der Waals surface area contributed by atoms with Crippen LogP contribution < -0.4 is 11.1 Å². The Labute approximate surface area is 211 Å². The topological polar surface area (TPSA) is 135 Å². The molecule has 3 N–H and O–H groups in total. The molecule has 0 aliphatic rings. The molecule has 0 saturated carbocycles. The van der Waals surface area contributed by atoms with Crippen LogP contribution in [0.2, 0.25) is 5.02 Å². The van der Waals surface area contributed by atoms with E-state index in [1.807, 2.05) is 38.1 Å². The maximum absolute atomic E-state index is 13.3. The molecule has 0 saturated heterocycles. The zero-order valence-electron chi connectivity index (χ0n) is 19.6. The second-order valence-electron chi connectivity index (χ2n) is 8.46. The summed E-state index contributed by atoms with van der Waals surface area (Å²) in [6.45, 7) is 4.39.